The number of allylic oxidation sites excluding steroid dienone is 3. The number of halogens is 3. The van der Waals surface area contributed by atoms with Gasteiger partial charge >= 0.3 is 5.92 Å². The van der Waals surface area contributed by atoms with Crippen LogP contribution in [0, 0.1) is 12.7 Å². The largest absolute Gasteiger partial charge is 0.367 e. The normalized spacial score (nSPS) is 21.3. The molecule has 1 N–H and O–H groups in total. The second-order valence-electron chi connectivity index (χ2n) is 10.00. The summed E-state index contributed by atoms with van der Waals surface area (Å²) in [4.78, 5) is 13.7. The van der Waals surface area contributed by atoms with Gasteiger partial charge in [0.1, 0.15) is 22.6 Å². The van der Waals surface area contributed by atoms with E-state index in [0.29, 0.717) is 49.1 Å². The molecular formula is C25H28F3N7O2S. The predicted molar refractivity (Wildman–Crippen MR) is 137 cm³/mol. The fourth-order valence-corrected chi connectivity index (χ4v) is 6.29. The highest BCUT2D eigenvalue weighted by atomic mass is 32.2. The minimum absolute atomic E-state index is 0.0869. The molecule has 13 heteroatoms. The van der Waals surface area contributed by atoms with Crippen LogP contribution in [0.15, 0.2) is 49.1 Å². The van der Waals surface area contributed by atoms with E-state index in [9.17, 15) is 21.6 Å². The van der Waals surface area contributed by atoms with Crippen molar-refractivity contribution in [3.8, 4) is 0 Å². The SMILES string of the molecule is Cc1cnc(C(F)(F)CN2CCC(Nc3ncnc4c3cnn4S(=O)(=O)C3(C)C=CC=CC3)CC2)c(F)c1. The molecule has 1 aliphatic heterocycles. The van der Waals surface area contributed by atoms with Gasteiger partial charge in [0.2, 0.25) is 0 Å². The zero-order valence-electron chi connectivity index (χ0n) is 21.0. The summed E-state index contributed by atoms with van der Waals surface area (Å²) in [5.74, 6) is -4.00. The lowest BCUT2D eigenvalue weighted by molar-refractivity contribution is -0.0486. The molecule has 1 unspecified atom stereocenters. The molecule has 38 heavy (non-hydrogen) atoms. The topological polar surface area (TPSA) is 106 Å². The molecule has 1 fully saturated rings. The monoisotopic (exact) mass is 547 g/mol. The highest BCUT2D eigenvalue weighted by Gasteiger charge is 2.41. The Morgan fingerprint density at radius 1 is 1.16 bits per heavy atom. The number of pyridine rings is 1. The predicted octanol–water partition coefficient (Wildman–Crippen LogP) is 3.79. The van der Waals surface area contributed by atoms with E-state index in [2.05, 4.69) is 25.4 Å². The van der Waals surface area contributed by atoms with Crippen LogP contribution in [0.4, 0.5) is 19.0 Å². The van der Waals surface area contributed by atoms with Crippen molar-refractivity contribution in [2.24, 2.45) is 0 Å². The van der Waals surface area contributed by atoms with E-state index in [0.717, 1.165) is 10.2 Å². The second-order valence-corrected chi connectivity index (χ2v) is 12.2. The van der Waals surface area contributed by atoms with Crippen molar-refractivity contribution in [2.75, 3.05) is 25.0 Å². The first-order valence-corrected chi connectivity index (χ1v) is 13.7. The van der Waals surface area contributed by atoms with Gasteiger partial charge in [0.25, 0.3) is 10.0 Å². The van der Waals surface area contributed by atoms with E-state index in [1.54, 1.807) is 43.1 Å². The molecule has 3 aromatic rings. The van der Waals surface area contributed by atoms with E-state index in [1.807, 2.05) is 0 Å². The number of hydrogen-bond donors (Lipinski definition) is 1. The Morgan fingerprint density at radius 2 is 1.92 bits per heavy atom. The maximum absolute atomic E-state index is 14.8. The molecule has 4 heterocycles. The third-order valence-corrected chi connectivity index (χ3v) is 9.25. The highest BCUT2D eigenvalue weighted by Crippen LogP contribution is 2.33. The Labute approximate surface area is 218 Å². The van der Waals surface area contributed by atoms with Gasteiger partial charge in [-0.3, -0.25) is 9.88 Å². The van der Waals surface area contributed by atoms with E-state index >= 15 is 0 Å². The van der Waals surface area contributed by atoms with Crippen LogP contribution in [-0.4, -0.2) is 67.9 Å². The fraction of sp³-hybridized carbons (Fsp3) is 0.440. The summed E-state index contributed by atoms with van der Waals surface area (Å²) in [7, 11) is -3.91. The van der Waals surface area contributed by atoms with Gasteiger partial charge in [-0.1, -0.05) is 24.3 Å². The first-order valence-electron chi connectivity index (χ1n) is 12.3. The molecule has 1 atom stereocenters. The maximum Gasteiger partial charge on any atom is 0.304 e. The highest BCUT2D eigenvalue weighted by molar-refractivity contribution is 7.91. The minimum Gasteiger partial charge on any atom is -0.367 e. The molecular weight excluding hydrogens is 519 g/mol. The number of hydrogen-bond acceptors (Lipinski definition) is 8. The van der Waals surface area contributed by atoms with Crippen molar-refractivity contribution in [3.63, 3.8) is 0 Å². The first-order chi connectivity index (χ1) is 18.0. The average molecular weight is 548 g/mol. The zero-order valence-corrected chi connectivity index (χ0v) is 21.8. The number of anilines is 1. The van der Waals surface area contributed by atoms with Crippen LogP contribution < -0.4 is 5.32 Å². The molecule has 5 rings (SSSR count). The van der Waals surface area contributed by atoms with E-state index in [1.165, 1.54) is 18.7 Å². The summed E-state index contributed by atoms with van der Waals surface area (Å²) in [6, 6.07) is 0.974. The number of nitrogens with one attached hydrogen (secondary N) is 1. The van der Waals surface area contributed by atoms with E-state index < -0.39 is 38.7 Å². The molecule has 2 aliphatic rings. The van der Waals surface area contributed by atoms with Crippen LogP contribution in [0.3, 0.4) is 0 Å². The lowest BCUT2D eigenvalue weighted by Gasteiger charge is -2.34. The molecule has 202 valence electrons. The Bertz CT molecular complexity index is 1510. The number of aromatic nitrogens is 5. The molecule has 1 saturated heterocycles. The molecule has 0 bridgehead atoms. The number of aryl methyl sites for hydroxylation is 1. The van der Waals surface area contributed by atoms with Gasteiger partial charge in [-0.15, -0.1) is 4.09 Å². The van der Waals surface area contributed by atoms with E-state index in [-0.39, 0.29) is 11.7 Å². The molecule has 0 radical (unpaired) electrons. The molecule has 0 aromatic carbocycles. The number of fused-ring (bicyclic) bond motifs is 1. The summed E-state index contributed by atoms with van der Waals surface area (Å²) in [6.07, 6.45) is 12.2. The summed E-state index contributed by atoms with van der Waals surface area (Å²) in [6.45, 7) is 3.33. The second kappa shape index (κ2) is 9.77. The van der Waals surface area contributed by atoms with Crippen molar-refractivity contribution >= 4 is 26.9 Å². The molecule has 9 nitrogen and oxygen atoms in total. The number of nitrogens with zero attached hydrogens (tertiary/aromatic N) is 6. The lowest BCUT2D eigenvalue weighted by Crippen LogP contribution is -2.44. The Balaban J connectivity index is 1.27. The number of rotatable bonds is 7. The van der Waals surface area contributed by atoms with Crippen molar-refractivity contribution in [1.82, 2.24) is 29.0 Å². The minimum atomic E-state index is -3.91. The van der Waals surface area contributed by atoms with Crippen molar-refractivity contribution in [1.29, 1.82) is 0 Å². The standard InChI is InChI=1S/C25H28F3N7O2S/c1-17-12-20(26)21(29-13-17)25(27,28)15-34-10-6-18(7-11-34)33-22-19-14-32-35(23(19)31-16-30-22)38(36,37)24(2)8-4-3-5-9-24/h3-5,8,12-14,16,18H,6-7,9-11,15H2,1-2H3,(H,30,31,33). The van der Waals surface area contributed by atoms with Gasteiger partial charge in [0, 0.05) is 25.3 Å². The number of alkyl halides is 2. The molecule has 1 aliphatic carbocycles. The van der Waals surface area contributed by atoms with Gasteiger partial charge < -0.3 is 5.32 Å². The summed E-state index contributed by atoms with van der Waals surface area (Å²) < 4.78 is 70.3. The van der Waals surface area contributed by atoms with Gasteiger partial charge in [0.05, 0.1) is 18.1 Å². The lowest BCUT2D eigenvalue weighted by atomic mass is 10.0. The Hall–Kier alpha value is -3.32. The fourth-order valence-electron chi connectivity index (χ4n) is 4.80. The van der Waals surface area contributed by atoms with Gasteiger partial charge in [0.15, 0.2) is 11.5 Å². The first kappa shape index (κ1) is 26.3. The number of likely N-dealkylation sites (tertiary alicyclic amines) is 1. The smallest absolute Gasteiger partial charge is 0.304 e. The zero-order chi connectivity index (χ0) is 27.1. The van der Waals surface area contributed by atoms with Crippen molar-refractivity contribution < 1.29 is 21.6 Å². The van der Waals surface area contributed by atoms with Crippen LogP contribution in [0.2, 0.25) is 0 Å². The third kappa shape index (κ3) is 4.80. The van der Waals surface area contributed by atoms with Gasteiger partial charge in [-0.25, -0.2) is 22.8 Å². The molecule has 0 amide bonds. The summed E-state index contributed by atoms with van der Waals surface area (Å²) in [5, 5.41) is 7.88. The van der Waals surface area contributed by atoms with Crippen LogP contribution in [0.1, 0.15) is 37.4 Å². The van der Waals surface area contributed by atoms with Crippen LogP contribution in [-0.2, 0) is 15.9 Å². The maximum atomic E-state index is 14.8. The molecule has 0 spiro atoms. The Kier molecular flexibility index (Phi) is 6.76. The summed E-state index contributed by atoms with van der Waals surface area (Å²) >= 11 is 0. The van der Waals surface area contributed by atoms with Crippen LogP contribution in [0.5, 0.6) is 0 Å². The van der Waals surface area contributed by atoms with Gasteiger partial charge in [-0.2, -0.15) is 13.9 Å². The third-order valence-electron chi connectivity index (χ3n) is 7.05. The average Bonchev–Trinajstić information content (AvgIpc) is 3.31. The van der Waals surface area contributed by atoms with Crippen LogP contribution in [0.25, 0.3) is 11.0 Å². The quantitative estimate of drug-likeness (QED) is 0.476. The van der Waals surface area contributed by atoms with Crippen molar-refractivity contribution in [2.45, 2.75) is 49.8 Å². The number of piperidine rings is 1. The summed E-state index contributed by atoms with van der Waals surface area (Å²) in [5.41, 5.74) is -0.197. The van der Waals surface area contributed by atoms with E-state index in [4.69, 9.17) is 0 Å². The van der Waals surface area contributed by atoms with Gasteiger partial charge in [-0.05, 0) is 44.7 Å². The molecule has 0 saturated carbocycles. The molecule has 3 aromatic heterocycles. The van der Waals surface area contributed by atoms with Crippen molar-refractivity contribution in [3.05, 3.63) is 66.2 Å². The van der Waals surface area contributed by atoms with Crippen LogP contribution >= 0.6 is 0 Å². The Morgan fingerprint density at radius 3 is 2.61 bits per heavy atom.